The summed E-state index contributed by atoms with van der Waals surface area (Å²) in [6.45, 7) is 5.64. The molecule has 0 bridgehead atoms. The molecule has 1 saturated carbocycles. The molecule has 0 N–H and O–H groups in total. The molecule has 162 valence electrons. The molecule has 0 aromatic heterocycles. The molecule has 4 rings (SSSR count). The zero-order chi connectivity index (χ0) is 20.9. The van der Waals surface area contributed by atoms with E-state index in [9.17, 15) is 0 Å². The van der Waals surface area contributed by atoms with Crippen LogP contribution >= 0.6 is 11.8 Å². The van der Waals surface area contributed by atoms with E-state index in [1.807, 2.05) is 0 Å². The van der Waals surface area contributed by atoms with Gasteiger partial charge in [-0.05, 0) is 43.2 Å². The van der Waals surface area contributed by atoms with Crippen LogP contribution in [0.1, 0.15) is 88.7 Å². The van der Waals surface area contributed by atoms with Crippen LogP contribution in [0.2, 0.25) is 0 Å². The Labute approximate surface area is 188 Å². The quantitative estimate of drug-likeness (QED) is 0.357. The first kappa shape index (κ1) is 22.0. The van der Waals surface area contributed by atoms with Crippen molar-refractivity contribution in [3.63, 3.8) is 0 Å². The molecule has 2 fully saturated rings. The Bertz CT molecular complexity index is 722. The molecule has 1 nitrogen and oxygen atoms in total. The summed E-state index contributed by atoms with van der Waals surface area (Å²) in [6.07, 6.45) is 11.7. The highest BCUT2D eigenvalue weighted by atomic mass is 32.2. The normalized spacial score (nSPS) is 26.8. The topological polar surface area (TPSA) is 9.23 Å². The van der Waals surface area contributed by atoms with Crippen molar-refractivity contribution in [2.45, 2.75) is 87.7 Å². The van der Waals surface area contributed by atoms with Crippen molar-refractivity contribution in [1.29, 1.82) is 0 Å². The number of fused-ring (bicyclic) bond motifs is 1. The van der Waals surface area contributed by atoms with Gasteiger partial charge in [0.05, 0.1) is 0 Å². The van der Waals surface area contributed by atoms with E-state index in [0.717, 1.165) is 6.61 Å². The van der Waals surface area contributed by atoms with Gasteiger partial charge >= 0.3 is 0 Å². The monoisotopic (exact) mass is 422 g/mol. The van der Waals surface area contributed by atoms with E-state index in [0.29, 0.717) is 11.2 Å². The summed E-state index contributed by atoms with van der Waals surface area (Å²) >= 11 is 2.18. The zero-order valence-electron chi connectivity index (χ0n) is 18.8. The molecular weight excluding hydrogens is 384 g/mol. The second-order valence-corrected chi connectivity index (χ2v) is 11.1. The van der Waals surface area contributed by atoms with Gasteiger partial charge in [0, 0.05) is 23.2 Å². The predicted molar refractivity (Wildman–Crippen MR) is 130 cm³/mol. The van der Waals surface area contributed by atoms with Gasteiger partial charge in [0.15, 0.2) is 0 Å². The molecule has 30 heavy (non-hydrogen) atoms. The van der Waals surface area contributed by atoms with Crippen molar-refractivity contribution in [3.05, 3.63) is 71.8 Å². The van der Waals surface area contributed by atoms with Crippen LogP contribution in [0.5, 0.6) is 0 Å². The fourth-order valence-electron chi connectivity index (χ4n) is 6.09. The van der Waals surface area contributed by atoms with Gasteiger partial charge < -0.3 is 4.74 Å². The number of benzene rings is 2. The van der Waals surface area contributed by atoms with Crippen molar-refractivity contribution < 1.29 is 4.74 Å². The van der Waals surface area contributed by atoms with Gasteiger partial charge in [0.25, 0.3) is 0 Å². The van der Waals surface area contributed by atoms with Crippen LogP contribution in [0.25, 0.3) is 0 Å². The van der Waals surface area contributed by atoms with Crippen molar-refractivity contribution in [3.8, 4) is 0 Å². The molecule has 0 amide bonds. The van der Waals surface area contributed by atoms with Crippen molar-refractivity contribution in [2.75, 3.05) is 6.61 Å². The van der Waals surface area contributed by atoms with Crippen LogP contribution in [0.15, 0.2) is 60.7 Å². The summed E-state index contributed by atoms with van der Waals surface area (Å²) in [4.78, 5) is -0.0342. The van der Waals surface area contributed by atoms with E-state index in [2.05, 4.69) is 86.3 Å². The Hall–Kier alpha value is -1.25. The van der Waals surface area contributed by atoms with E-state index >= 15 is 0 Å². The molecule has 0 spiro atoms. The van der Waals surface area contributed by atoms with Gasteiger partial charge in [-0.15, -0.1) is 11.8 Å². The fourth-order valence-corrected chi connectivity index (χ4v) is 7.99. The molecule has 0 radical (unpaired) electrons. The lowest BCUT2D eigenvalue weighted by Crippen LogP contribution is -2.43. The van der Waals surface area contributed by atoms with Crippen LogP contribution in [-0.2, 0) is 4.74 Å². The van der Waals surface area contributed by atoms with Crippen LogP contribution in [0.4, 0.5) is 0 Å². The number of hydrogen-bond donors (Lipinski definition) is 0. The highest BCUT2D eigenvalue weighted by molar-refractivity contribution is 8.01. The number of hydrogen-bond acceptors (Lipinski definition) is 2. The van der Waals surface area contributed by atoms with Gasteiger partial charge in [-0.25, -0.2) is 0 Å². The molecule has 1 heterocycles. The van der Waals surface area contributed by atoms with E-state index in [1.165, 1.54) is 68.9 Å². The zero-order valence-corrected chi connectivity index (χ0v) is 19.6. The van der Waals surface area contributed by atoms with E-state index < -0.39 is 0 Å². The molecule has 2 aromatic carbocycles. The van der Waals surface area contributed by atoms with Crippen molar-refractivity contribution >= 4 is 11.8 Å². The van der Waals surface area contributed by atoms with Crippen LogP contribution < -0.4 is 0 Å². The van der Waals surface area contributed by atoms with E-state index in [4.69, 9.17) is 4.74 Å². The maximum absolute atomic E-state index is 6.75. The third kappa shape index (κ3) is 4.23. The first-order valence-corrected chi connectivity index (χ1v) is 13.0. The number of thioether (sulfide) groups is 1. The highest BCUT2D eigenvalue weighted by Crippen LogP contribution is 2.68. The minimum atomic E-state index is -0.0342. The number of unbranched alkanes of at least 4 members (excludes halogenated alkanes) is 3. The van der Waals surface area contributed by atoms with Crippen molar-refractivity contribution in [1.82, 2.24) is 0 Å². The van der Waals surface area contributed by atoms with Crippen LogP contribution in [0, 0.1) is 5.41 Å². The Morgan fingerprint density at radius 1 is 0.867 bits per heavy atom. The summed E-state index contributed by atoms with van der Waals surface area (Å²) in [5.41, 5.74) is 3.10. The second kappa shape index (κ2) is 9.92. The lowest BCUT2D eigenvalue weighted by molar-refractivity contribution is 0.0301. The maximum Gasteiger partial charge on any atom is 0.120 e. The first-order valence-electron chi connectivity index (χ1n) is 12.1. The molecule has 1 aliphatic carbocycles. The molecule has 3 unspecified atom stereocenters. The van der Waals surface area contributed by atoms with Crippen LogP contribution in [0.3, 0.4) is 0 Å². The average Bonchev–Trinajstić information content (AvgIpc) is 3.28. The summed E-state index contributed by atoms with van der Waals surface area (Å²) in [5.74, 6) is 0.407. The minimum Gasteiger partial charge on any atom is -0.364 e. The highest BCUT2D eigenvalue weighted by Gasteiger charge is 2.63. The number of rotatable bonds is 10. The van der Waals surface area contributed by atoms with E-state index in [-0.39, 0.29) is 10.3 Å². The summed E-state index contributed by atoms with van der Waals surface area (Å²) in [6, 6.07) is 22.5. The fraction of sp³-hybridized carbons (Fsp3) is 0.571. The molecule has 2 aliphatic rings. The summed E-state index contributed by atoms with van der Waals surface area (Å²) < 4.78 is 6.75. The summed E-state index contributed by atoms with van der Waals surface area (Å²) in [5, 5.41) is 0.657. The van der Waals surface area contributed by atoms with Gasteiger partial charge in [-0.3, -0.25) is 0 Å². The molecule has 3 atom stereocenters. The van der Waals surface area contributed by atoms with Crippen LogP contribution in [-0.4, -0.2) is 16.8 Å². The Kier molecular flexibility index (Phi) is 7.26. The molecule has 2 aromatic rings. The largest absolute Gasteiger partial charge is 0.364 e. The summed E-state index contributed by atoms with van der Waals surface area (Å²) in [7, 11) is 0. The third-order valence-electron chi connectivity index (χ3n) is 7.44. The average molecular weight is 423 g/mol. The van der Waals surface area contributed by atoms with Gasteiger partial charge in [-0.2, -0.15) is 0 Å². The number of ether oxygens (including phenoxy) is 1. The Morgan fingerprint density at radius 2 is 1.53 bits per heavy atom. The predicted octanol–water partition coefficient (Wildman–Crippen LogP) is 8.20. The molecule has 2 heteroatoms. The SMILES string of the molecule is CCCCCCC(C)SC12CCCC1(C(c1ccccc1)c1ccccc1)CCO2. The first-order chi connectivity index (χ1) is 14.7. The van der Waals surface area contributed by atoms with Crippen molar-refractivity contribution in [2.24, 2.45) is 5.41 Å². The lowest BCUT2D eigenvalue weighted by Gasteiger charge is -2.46. The standard InChI is InChI=1S/C28H38OS/c1-3-4-5-8-14-23(2)30-28-20-13-19-27(28,21-22-29-28)26(24-15-9-6-10-16-24)25-17-11-7-12-18-25/h6-7,9-12,15-18,23,26H,3-5,8,13-14,19-22H2,1-2H3. The lowest BCUT2D eigenvalue weighted by atomic mass is 9.65. The Balaban J connectivity index is 1.65. The van der Waals surface area contributed by atoms with Gasteiger partial charge in [0.2, 0.25) is 0 Å². The van der Waals surface area contributed by atoms with Gasteiger partial charge in [-0.1, -0.05) is 100 Å². The Morgan fingerprint density at radius 3 is 2.17 bits per heavy atom. The molecule has 1 aliphatic heterocycles. The minimum absolute atomic E-state index is 0.0342. The molecule has 1 saturated heterocycles. The smallest absolute Gasteiger partial charge is 0.120 e. The molecular formula is C28H38OS. The third-order valence-corrected chi connectivity index (χ3v) is 9.19. The van der Waals surface area contributed by atoms with E-state index in [1.54, 1.807) is 0 Å². The van der Waals surface area contributed by atoms with Gasteiger partial charge in [0.1, 0.15) is 4.93 Å². The second-order valence-electron chi connectivity index (χ2n) is 9.39. The maximum atomic E-state index is 6.75.